The molecule has 7 heteroatoms. The molecule has 1 aliphatic heterocycles. The van der Waals surface area contributed by atoms with E-state index >= 15 is 0 Å². The van der Waals surface area contributed by atoms with Crippen LogP contribution in [0.15, 0.2) is 18.3 Å². The SMILES string of the molecule is CC(=O)c1ccc(N2CC[C@H](NC(=O)OC(C)(C)C)C2=O)nc1. The maximum Gasteiger partial charge on any atom is 0.408 e. The van der Waals surface area contributed by atoms with E-state index in [1.807, 2.05) is 0 Å². The summed E-state index contributed by atoms with van der Waals surface area (Å²) >= 11 is 0. The standard InChI is InChI=1S/C16H21N3O4/c1-10(20)11-5-6-13(17-9-11)19-8-7-12(14(19)21)18-15(22)23-16(2,3)4/h5-6,9,12H,7-8H2,1-4H3,(H,18,22)/t12-/m0/s1. The number of ketones is 1. The summed E-state index contributed by atoms with van der Waals surface area (Å²) in [6, 6.07) is 2.64. The van der Waals surface area contributed by atoms with E-state index in [2.05, 4.69) is 10.3 Å². The molecule has 0 aliphatic carbocycles. The number of pyridine rings is 1. The Hall–Kier alpha value is -2.44. The number of alkyl carbamates (subject to hydrolysis) is 1. The number of hydrogen-bond donors (Lipinski definition) is 1. The molecule has 0 unspecified atom stereocenters. The summed E-state index contributed by atoms with van der Waals surface area (Å²) in [6.07, 6.45) is 1.31. The summed E-state index contributed by atoms with van der Waals surface area (Å²) in [7, 11) is 0. The number of carbonyl (C=O) groups is 3. The van der Waals surface area contributed by atoms with Gasteiger partial charge in [0.1, 0.15) is 17.5 Å². The van der Waals surface area contributed by atoms with Crippen molar-refractivity contribution in [2.45, 2.75) is 45.8 Å². The lowest BCUT2D eigenvalue weighted by atomic mass is 10.2. The molecule has 1 saturated heterocycles. The van der Waals surface area contributed by atoms with Crippen molar-refractivity contribution in [2.24, 2.45) is 0 Å². The largest absolute Gasteiger partial charge is 0.444 e. The number of nitrogens with zero attached hydrogens (tertiary/aromatic N) is 2. The number of hydrogen-bond acceptors (Lipinski definition) is 5. The molecular formula is C16H21N3O4. The van der Waals surface area contributed by atoms with Crippen LogP contribution in [0.3, 0.4) is 0 Å². The van der Waals surface area contributed by atoms with Crippen LogP contribution >= 0.6 is 0 Å². The number of ether oxygens (including phenoxy) is 1. The van der Waals surface area contributed by atoms with Crippen molar-refractivity contribution in [3.63, 3.8) is 0 Å². The van der Waals surface area contributed by atoms with Gasteiger partial charge in [-0.05, 0) is 46.2 Å². The molecule has 2 rings (SSSR count). The molecule has 0 spiro atoms. The zero-order valence-electron chi connectivity index (χ0n) is 13.8. The van der Waals surface area contributed by atoms with Gasteiger partial charge in [0.25, 0.3) is 5.91 Å². The topological polar surface area (TPSA) is 88.6 Å². The summed E-state index contributed by atoms with van der Waals surface area (Å²) in [5.74, 6) is 0.147. The lowest BCUT2D eigenvalue weighted by Gasteiger charge is -2.21. The monoisotopic (exact) mass is 319 g/mol. The van der Waals surface area contributed by atoms with Crippen LogP contribution in [-0.4, -0.2) is 41.0 Å². The Morgan fingerprint density at radius 3 is 2.57 bits per heavy atom. The van der Waals surface area contributed by atoms with Crippen molar-refractivity contribution in [1.29, 1.82) is 0 Å². The van der Waals surface area contributed by atoms with Gasteiger partial charge in [0, 0.05) is 18.3 Å². The third-order valence-corrected chi connectivity index (χ3v) is 3.33. The third-order valence-electron chi connectivity index (χ3n) is 3.33. The van der Waals surface area contributed by atoms with Gasteiger partial charge in [-0.2, -0.15) is 0 Å². The highest BCUT2D eigenvalue weighted by atomic mass is 16.6. The van der Waals surface area contributed by atoms with Crippen LogP contribution in [0, 0.1) is 0 Å². The van der Waals surface area contributed by atoms with Gasteiger partial charge in [-0.15, -0.1) is 0 Å². The Kier molecular flexibility index (Phi) is 4.68. The minimum absolute atomic E-state index is 0.0822. The van der Waals surface area contributed by atoms with Gasteiger partial charge >= 0.3 is 6.09 Å². The first kappa shape index (κ1) is 16.9. The van der Waals surface area contributed by atoms with Gasteiger partial charge in [-0.3, -0.25) is 14.5 Å². The molecule has 1 aromatic heterocycles. The van der Waals surface area contributed by atoms with E-state index in [4.69, 9.17) is 4.74 Å². The zero-order chi connectivity index (χ0) is 17.2. The summed E-state index contributed by atoms with van der Waals surface area (Å²) in [5, 5.41) is 2.58. The molecule has 23 heavy (non-hydrogen) atoms. The maximum atomic E-state index is 12.4. The average molecular weight is 319 g/mol. The Labute approximate surface area is 135 Å². The average Bonchev–Trinajstić information content (AvgIpc) is 2.78. The van der Waals surface area contributed by atoms with E-state index < -0.39 is 17.7 Å². The van der Waals surface area contributed by atoms with Gasteiger partial charge in [0.15, 0.2) is 5.78 Å². The maximum absolute atomic E-state index is 12.4. The molecule has 2 amide bonds. The highest BCUT2D eigenvalue weighted by molar-refractivity contribution is 6.00. The molecule has 2 heterocycles. The fraction of sp³-hybridized carbons (Fsp3) is 0.500. The van der Waals surface area contributed by atoms with E-state index in [0.29, 0.717) is 24.3 Å². The fourth-order valence-corrected chi connectivity index (χ4v) is 2.25. The lowest BCUT2D eigenvalue weighted by Crippen LogP contribution is -2.43. The van der Waals surface area contributed by atoms with Crippen LogP contribution in [0.4, 0.5) is 10.6 Å². The van der Waals surface area contributed by atoms with Crippen molar-refractivity contribution >= 4 is 23.6 Å². The number of nitrogens with one attached hydrogen (secondary N) is 1. The van der Waals surface area contributed by atoms with Gasteiger partial charge < -0.3 is 10.1 Å². The smallest absolute Gasteiger partial charge is 0.408 e. The van der Waals surface area contributed by atoms with E-state index in [-0.39, 0.29) is 11.7 Å². The molecule has 124 valence electrons. The number of rotatable bonds is 3. The summed E-state index contributed by atoms with van der Waals surface area (Å²) in [5.41, 5.74) is -0.126. The Balaban J connectivity index is 2.01. The highest BCUT2D eigenvalue weighted by Crippen LogP contribution is 2.20. The number of Topliss-reactive ketones (excluding diaryl/α,β-unsaturated/α-hetero) is 1. The first-order chi connectivity index (χ1) is 10.7. The van der Waals surface area contributed by atoms with Crippen molar-refractivity contribution in [3.8, 4) is 0 Å². The second kappa shape index (κ2) is 6.36. The molecule has 1 fully saturated rings. The van der Waals surface area contributed by atoms with Gasteiger partial charge in [-0.1, -0.05) is 0 Å². The first-order valence-corrected chi connectivity index (χ1v) is 7.45. The minimum atomic E-state index is -0.626. The Morgan fingerprint density at radius 2 is 2.04 bits per heavy atom. The third kappa shape index (κ3) is 4.28. The van der Waals surface area contributed by atoms with E-state index in [1.165, 1.54) is 18.0 Å². The van der Waals surface area contributed by atoms with Gasteiger partial charge in [0.05, 0.1) is 0 Å². The predicted octanol–water partition coefficient (Wildman–Crippen LogP) is 1.91. The summed E-state index contributed by atoms with van der Waals surface area (Å²) in [4.78, 5) is 41.0. The van der Waals surface area contributed by atoms with Crippen molar-refractivity contribution in [3.05, 3.63) is 23.9 Å². The number of anilines is 1. The molecule has 7 nitrogen and oxygen atoms in total. The van der Waals surface area contributed by atoms with Gasteiger partial charge in [0.2, 0.25) is 0 Å². The zero-order valence-corrected chi connectivity index (χ0v) is 13.8. The molecule has 1 aromatic rings. The quantitative estimate of drug-likeness (QED) is 0.860. The fourth-order valence-electron chi connectivity index (χ4n) is 2.25. The summed E-state index contributed by atoms with van der Waals surface area (Å²) in [6.45, 7) is 7.19. The molecule has 1 N–H and O–H groups in total. The van der Waals surface area contributed by atoms with E-state index in [1.54, 1.807) is 32.9 Å². The van der Waals surface area contributed by atoms with Crippen molar-refractivity contribution < 1.29 is 19.1 Å². The van der Waals surface area contributed by atoms with Crippen LogP contribution in [0.1, 0.15) is 44.5 Å². The first-order valence-electron chi connectivity index (χ1n) is 7.45. The summed E-state index contributed by atoms with van der Waals surface area (Å²) < 4.78 is 5.16. The van der Waals surface area contributed by atoms with Crippen LogP contribution < -0.4 is 10.2 Å². The molecular weight excluding hydrogens is 298 g/mol. The van der Waals surface area contributed by atoms with Crippen LogP contribution in [-0.2, 0) is 9.53 Å². The molecule has 1 atom stereocenters. The van der Waals surface area contributed by atoms with E-state index in [9.17, 15) is 14.4 Å². The van der Waals surface area contributed by atoms with Gasteiger partial charge in [-0.25, -0.2) is 9.78 Å². The van der Waals surface area contributed by atoms with Crippen LogP contribution in [0.2, 0.25) is 0 Å². The highest BCUT2D eigenvalue weighted by Gasteiger charge is 2.35. The lowest BCUT2D eigenvalue weighted by molar-refractivity contribution is -0.118. The Bertz CT molecular complexity index is 619. The van der Waals surface area contributed by atoms with Crippen molar-refractivity contribution in [2.75, 3.05) is 11.4 Å². The van der Waals surface area contributed by atoms with Crippen LogP contribution in [0.25, 0.3) is 0 Å². The molecule has 0 bridgehead atoms. The predicted molar refractivity (Wildman–Crippen MR) is 84.4 cm³/mol. The molecule has 0 radical (unpaired) electrons. The second-order valence-electron chi connectivity index (χ2n) is 6.44. The number of carbonyl (C=O) groups excluding carboxylic acids is 3. The van der Waals surface area contributed by atoms with E-state index in [0.717, 1.165) is 0 Å². The molecule has 0 aromatic carbocycles. The molecule has 0 saturated carbocycles. The number of amides is 2. The second-order valence-corrected chi connectivity index (χ2v) is 6.44. The minimum Gasteiger partial charge on any atom is -0.444 e. The number of aromatic nitrogens is 1. The van der Waals surface area contributed by atoms with Crippen LogP contribution in [0.5, 0.6) is 0 Å². The van der Waals surface area contributed by atoms with Crippen molar-refractivity contribution in [1.82, 2.24) is 10.3 Å². The Morgan fingerprint density at radius 1 is 1.35 bits per heavy atom. The molecule has 1 aliphatic rings. The normalized spacial score (nSPS) is 18.0.